The first kappa shape index (κ1) is 13.8. The molecule has 104 valence electrons. The van der Waals surface area contributed by atoms with Crippen LogP contribution in [0.5, 0.6) is 0 Å². The van der Waals surface area contributed by atoms with Gasteiger partial charge in [0.15, 0.2) is 0 Å². The molecule has 0 aromatic heterocycles. The largest absolute Gasteiger partial charge is 0.468 e. The van der Waals surface area contributed by atoms with E-state index in [1.165, 1.54) is 39.2 Å². The molecule has 0 aromatic rings. The lowest BCUT2D eigenvalue weighted by molar-refractivity contribution is -0.144. The van der Waals surface area contributed by atoms with Crippen molar-refractivity contribution in [1.82, 2.24) is 10.2 Å². The van der Waals surface area contributed by atoms with Crippen LogP contribution < -0.4 is 5.32 Å². The molecular formula is C14H26N2O2. The highest BCUT2D eigenvalue weighted by Crippen LogP contribution is 2.24. The number of piperidine rings is 1. The third kappa shape index (κ3) is 3.45. The predicted octanol–water partition coefficient (Wildman–Crippen LogP) is 1.54. The van der Waals surface area contributed by atoms with Gasteiger partial charge in [-0.25, -0.2) is 0 Å². The molecule has 4 heteroatoms. The summed E-state index contributed by atoms with van der Waals surface area (Å²) in [6.45, 7) is 5.31. The Kier molecular flexibility index (Phi) is 4.62. The third-order valence-electron chi connectivity index (χ3n) is 4.27. The van der Waals surface area contributed by atoms with Crippen molar-refractivity contribution >= 4 is 5.97 Å². The van der Waals surface area contributed by atoms with Crippen molar-refractivity contribution in [3.63, 3.8) is 0 Å². The second kappa shape index (κ2) is 6.02. The number of carbonyl (C=O) groups is 1. The van der Waals surface area contributed by atoms with Crippen LogP contribution in [0.4, 0.5) is 0 Å². The van der Waals surface area contributed by atoms with E-state index in [4.69, 9.17) is 4.74 Å². The minimum atomic E-state index is -0.162. The fourth-order valence-electron chi connectivity index (χ4n) is 2.92. The fourth-order valence-corrected chi connectivity index (χ4v) is 2.92. The van der Waals surface area contributed by atoms with E-state index in [-0.39, 0.29) is 12.0 Å². The number of esters is 1. The number of rotatable bonds is 5. The van der Waals surface area contributed by atoms with Crippen molar-refractivity contribution < 1.29 is 9.53 Å². The third-order valence-corrected chi connectivity index (χ3v) is 4.27. The molecule has 0 amide bonds. The summed E-state index contributed by atoms with van der Waals surface area (Å²) in [4.78, 5) is 14.3. The van der Waals surface area contributed by atoms with Crippen molar-refractivity contribution in [1.29, 1.82) is 0 Å². The number of carbonyl (C=O) groups excluding carboxylic acids is 1. The summed E-state index contributed by atoms with van der Waals surface area (Å²) < 4.78 is 4.92. The van der Waals surface area contributed by atoms with E-state index in [0.29, 0.717) is 18.1 Å². The number of ether oxygens (including phenoxy) is 1. The monoisotopic (exact) mass is 254 g/mol. The van der Waals surface area contributed by atoms with Crippen LogP contribution in [0.1, 0.15) is 46.0 Å². The first-order valence-electron chi connectivity index (χ1n) is 7.21. The summed E-state index contributed by atoms with van der Waals surface area (Å²) in [5, 5.41) is 3.41. The van der Waals surface area contributed by atoms with E-state index in [0.717, 1.165) is 6.54 Å². The summed E-state index contributed by atoms with van der Waals surface area (Å²) in [5.41, 5.74) is 0. The molecule has 1 saturated heterocycles. The summed E-state index contributed by atoms with van der Waals surface area (Å²) in [7, 11) is 1.48. The molecule has 0 spiro atoms. The van der Waals surface area contributed by atoms with E-state index in [1.807, 2.05) is 0 Å². The zero-order valence-corrected chi connectivity index (χ0v) is 11.8. The second-order valence-corrected chi connectivity index (χ2v) is 5.84. The van der Waals surface area contributed by atoms with Crippen LogP contribution in [0.3, 0.4) is 0 Å². The normalized spacial score (nSPS) is 31.1. The number of methoxy groups -OCH3 is 1. The van der Waals surface area contributed by atoms with Crippen LogP contribution in [0.2, 0.25) is 0 Å². The highest BCUT2D eigenvalue weighted by Gasteiger charge is 2.33. The number of hydrogen-bond acceptors (Lipinski definition) is 4. The second-order valence-electron chi connectivity index (χ2n) is 5.84. The summed E-state index contributed by atoms with van der Waals surface area (Å²) >= 11 is 0. The van der Waals surface area contributed by atoms with Crippen LogP contribution in [0, 0.1) is 0 Å². The molecule has 1 saturated carbocycles. The van der Waals surface area contributed by atoms with E-state index in [1.54, 1.807) is 0 Å². The van der Waals surface area contributed by atoms with Gasteiger partial charge in [0.05, 0.1) is 7.11 Å². The summed E-state index contributed by atoms with van der Waals surface area (Å²) in [6, 6.07) is 1.51. The van der Waals surface area contributed by atoms with Gasteiger partial charge >= 0.3 is 5.97 Å². The average Bonchev–Trinajstić information content (AvgIpc) is 3.15. The summed E-state index contributed by atoms with van der Waals surface area (Å²) in [6.07, 6.45) is 6.16. The highest BCUT2D eigenvalue weighted by atomic mass is 16.5. The van der Waals surface area contributed by atoms with Gasteiger partial charge in [-0.15, -0.1) is 0 Å². The van der Waals surface area contributed by atoms with Crippen molar-refractivity contribution in [3.05, 3.63) is 0 Å². The standard InChI is InChI=1S/C14H26N2O2/c1-10-5-4-6-11(2)16(10)9-13(14(17)18-3)15-12-7-8-12/h10-13,15H,4-9H2,1-3H3. The van der Waals surface area contributed by atoms with Gasteiger partial charge in [-0.3, -0.25) is 9.69 Å². The van der Waals surface area contributed by atoms with Gasteiger partial charge in [-0.05, 0) is 39.5 Å². The number of nitrogens with one attached hydrogen (secondary N) is 1. The van der Waals surface area contributed by atoms with Crippen molar-refractivity contribution in [2.45, 2.75) is 70.1 Å². The average molecular weight is 254 g/mol. The fraction of sp³-hybridized carbons (Fsp3) is 0.929. The van der Waals surface area contributed by atoms with E-state index in [2.05, 4.69) is 24.1 Å². The first-order chi connectivity index (χ1) is 8.61. The van der Waals surface area contributed by atoms with Crippen LogP contribution in [0.15, 0.2) is 0 Å². The quantitative estimate of drug-likeness (QED) is 0.756. The topological polar surface area (TPSA) is 41.6 Å². The minimum absolute atomic E-state index is 0.119. The van der Waals surface area contributed by atoms with Crippen molar-refractivity contribution in [2.75, 3.05) is 13.7 Å². The molecule has 0 radical (unpaired) electrons. The Morgan fingerprint density at radius 1 is 1.28 bits per heavy atom. The van der Waals surface area contributed by atoms with Crippen molar-refractivity contribution in [3.8, 4) is 0 Å². The van der Waals surface area contributed by atoms with Gasteiger partial charge in [0, 0.05) is 24.7 Å². The van der Waals surface area contributed by atoms with Crippen LogP contribution in [-0.2, 0) is 9.53 Å². The maximum atomic E-state index is 11.9. The Labute approximate surface area is 110 Å². The van der Waals surface area contributed by atoms with Crippen molar-refractivity contribution in [2.24, 2.45) is 0 Å². The molecule has 2 aliphatic rings. The summed E-state index contributed by atoms with van der Waals surface area (Å²) in [5.74, 6) is -0.119. The van der Waals surface area contributed by atoms with E-state index >= 15 is 0 Å². The molecule has 2 rings (SSSR count). The highest BCUT2D eigenvalue weighted by molar-refractivity contribution is 5.76. The van der Waals surface area contributed by atoms with Crippen LogP contribution in [0.25, 0.3) is 0 Å². The Balaban J connectivity index is 1.94. The molecular weight excluding hydrogens is 228 g/mol. The van der Waals surface area contributed by atoms with Gasteiger partial charge in [-0.1, -0.05) is 6.42 Å². The molecule has 1 N–H and O–H groups in total. The Bertz CT molecular complexity index is 282. The van der Waals surface area contributed by atoms with Gasteiger partial charge in [0.25, 0.3) is 0 Å². The maximum Gasteiger partial charge on any atom is 0.324 e. The molecule has 1 heterocycles. The number of hydrogen-bond donors (Lipinski definition) is 1. The molecule has 0 aromatic carbocycles. The van der Waals surface area contributed by atoms with Crippen LogP contribution in [-0.4, -0.2) is 48.7 Å². The first-order valence-corrected chi connectivity index (χ1v) is 7.21. The van der Waals surface area contributed by atoms with Gasteiger partial charge < -0.3 is 10.1 Å². The lowest BCUT2D eigenvalue weighted by Gasteiger charge is -2.40. The molecule has 18 heavy (non-hydrogen) atoms. The maximum absolute atomic E-state index is 11.9. The van der Waals surface area contributed by atoms with Crippen LogP contribution >= 0.6 is 0 Å². The lowest BCUT2D eigenvalue weighted by atomic mass is 9.97. The SMILES string of the molecule is COC(=O)C(CN1C(C)CCCC1C)NC1CC1. The van der Waals surface area contributed by atoms with E-state index in [9.17, 15) is 4.79 Å². The molecule has 4 nitrogen and oxygen atoms in total. The minimum Gasteiger partial charge on any atom is -0.468 e. The molecule has 3 unspecified atom stereocenters. The predicted molar refractivity (Wildman–Crippen MR) is 71.4 cm³/mol. The van der Waals surface area contributed by atoms with Gasteiger partial charge in [0.1, 0.15) is 6.04 Å². The Morgan fingerprint density at radius 3 is 2.39 bits per heavy atom. The molecule has 2 fully saturated rings. The van der Waals surface area contributed by atoms with Gasteiger partial charge in [-0.2, -0.15) is 0 Å². The number of nitrogens with zero attached hydrogens (tertiary/aromatic N) is 1. The zero-order valence-electron chi connectivity index (χ0n) is 11.8. The number of likely N-dealkylation sites (tertiary alicyclic amines) is 1. The Hall–Kier alpha value is -0.610. The smallest absolute Gasteiger partial charge is 0.324 e. The van der Waals surface area contributed by atoms with E-state index < -0.39 is 0 Å². The van der Waals surface area contributed by atoms with Gasteiger partial charge in [0.2, 0.25) is 0 Å². The molecule has 3 atom stereocenters. The lowest BCUT2D eigenvalue weighted by Crippen LogP contribution is -2.53. The zero-order chi connectivity index (χ0) is 13.1. The molecule has 0 bridgehead atoms. The Morgan fingerprint density at radius 2 is 1.89 bits per heavy atom. The molecule has 1 aliphatic carbocycles. The molecule has 1 aliphatic heterocycles.